The van der Waals surface area contributed by atoms with E-state index in [2.05, 4.69) is 140 Å². The molecule has 2 aromatic heterocycles. The summed E-state index contributed by atoms with van der Waals surface area (Å²) in [7, 11) is 0. The topological polar surface area (TPSA) is 71.1 Å². The molecule has 7 aromatic rings. The van der Waals surface area contributed by atoms with Gasteiger partial charge in [-0.25, -0.2) is 4.79 Å². The number of fused-ring (bicyclic) bond motifs is 2. The standard InChI is InChI=1S/C52H56N8O.ClH/c1-39-20-22-46-48(53-39)16-8-18-50(46)58-32-28-56(29-33-58)26-24-41-12-6-14-44(36-41)55-52(61)60(38-43-10-4-3-5-11-43)45-15-7-13-42(37-45)25-27-57-30-34-59(35-31-57)51-19-9-17-49-47(51)23-21-40(2)54-49;/h3-23,36-37H,24-35,38H2,1-2H3,(H,55,61);1H. The molecule has 2 aliphatic heterocycles. The number of hydrogen-bond donors (Lipinski definition) is 1. The van der Waals surface area contributed by atoms with Crippen molar-refractivity contribution in [1.29, 1.82) is 0 Å². The number of nitrogens with zero attached hydrogens (tertiary/aromatic N) is 7. The van der Waals surface area contributed by atoms with Gasteiger partial charge in [0.25, 0.3) is 0 Å². The molecule has 0 spiro atoms. The second-order valence-corrected chi connectivity index (χ2v) is 16.6. The number of anilines is 4. The summed E-state index contributed by atoms with van der Waals surface area (Å²) in [6.07, 6.45) is 1.84. The molecule has 0 aliphatic carbocycles. The minimum atomic E-state index is -0.136. The maximum Gasteiger partial charge on any atom is 0.326 e. The molecular weight excluding hydrogens is 788 g/mol. The van der Waals surface area contributed by atoms with E-state index in [4.69, 9.17) is 9.97 Å². The molecule has 2 aliphatic rings. The molecule has 0 saturated carbocycles. The molecule has 2 fully saturated rings. The highest BCUT2D eigenvalue weighted by Crippen LogP contribution is 2.29. The molecule has 0 bridgehead atoms. The van der Waals surface area contributed by atoms with Crippen molar-refractivity contribution in [2.75, 3.05) is 85.5 Å². The zero-order chi connectivity index (χ0) is 41.5. The predicted octanol–water partition coefficient (Wildman–Crippen LogP) is 9.79. The zero-order valence-corrected chi connectivity index (χ0v) is 36.7. The van der Waals surface area contributed by atoms with E-state index in [0.29, 0.717) is 6.54 Å². The summed E-state index contributed by atoms with van der Waals surface area (Å²) in [5.41, 5.74) is 12.0. The summed E-state index contributed by atoms with van der Waals surface area (Å²) >= 11 is 0. The van der Waals surface area contributed by atoms with Crippen molar-refractivity contribution in [3.8, 4) is 0 Å². The average Bonchev–Trinajstić information content (AvgIpc) is 3.29. The van der Waals surface area contributed by atoms with E-state index in [1.807, 2.05) is 43.0 Å². The van der Waals surface area contributed by atoms with Crippen molar-refractivity contribution in [1.82, 2.24) is 19.8 Å². The van der Waals surface area contributed by atoms with Crippen molar-refractivity contribution in [2.45, 2.75) is 33.2 Å². The molecule has 0 unspecified atom stereocenters. The number of benzene rings is 5. The monoisotopic (exact) mass is 844 g/mol. The lowest BCUT2D eigenvalue weighted by molar-refractivity contribution is 0.256. The van der Waals surface area contributed by atoms with Crippen molar-refractivity contribution < 1.29 is 4.79 Å². The van der Waals surface area contributed by atoms with Crippen LogP contribution < -0.4 is 20.0 Å². The number of nitrogens with one attached hydrogen (secondary N) is 1. The maximum atomic E-state index is 14.2. The second kappa shape index (κ2) is 19.8. The van der Waals surface area contributed by atoms with Crippen LogP contribution in [0.1, 0.15) is 28.1 Å². The predicted molar refractivity (Wildman–Crippen MR) is 259 cm³/mol. The fraction of sp³-hybridized carbons (Fsp3) is 0.288. The fourth-order valence-electron chi connectivity index (χ4n) is 8.95. The molecule has 1 N–H and O–H groups in total. The zero-order valence-electron chi connectivity index (χ0n) is 35.9. The van der Waals surface area contributed by atoms with Gasteiger partial charge < -0.3 is 15.1 Å². The summed E-state index contributed by atoms with van der Waals surface area (Å²) in [6, 6.07) is 48.5. The second-order valence-electron chi connectivity index (χ2n) is 16.6. The van der Waals surface area contributed by atoms with E-state index in [-0.39, 0.29) is 18.4 Å². The lowest BCUT2D eigenvalue weighted by Gasteiger charge is -2.36. The minimum absolute atomic E-state index is 0. The number of pyridine rings is 2. The number of halogens is 1. The van der Waals surface area contributed by atoms with Gasteiger partial charge in [0.1, 0.15) is 0 Å². The molecule has 9 nitrogen and oxygen atoms in total. The van der Waals surface area contributed by atoms with Crippen molar-refractivity contribution in [3.63, 3.8) is 0 Å². The Bertz CT molecular complexity index is 2600. The van der Waals surface area contributed by atoms with Crippen LogP contribution in [0.25, 0.3) is 21.8 Å². The van der Waals surface area contributed by atoms with E-state index in [0.717, 1.165) is 118 Å². The van der Waals surface area contributed by atoms with E-state index in [1.54, 1.807) is 0 Å². The van der Waals surface area contributed by atoms with Gasteiger partial charge in [0.2, 0.25) is 0 Å². The van der Waals surface area contributed by atoms with Crippen molar-refractivity contribution in [2.24, 2.45) is 0 Å². The smallest absolute Gasteiger partial charge is 0.326 e. The van der Waals surface area contributed by atoms with Gasteiger partial charge in [-0.1, -0.05) is 66.7 Å². The van der Waals surface area contributed by atoms with Crippen molar-refractivity contribution >= 4 is 63.0 Å². The first-order valence-electron chi connectivity index (χ1n) is 21.9. The Kier molecular flexibility index (Phi) is 13.6. The lowest BCUT2D eigenvalue weighted by atomic mass is 10.1. The van der Waals surface area contributed by atoms with Crippen LogP contribution in [-0.4, -0.2) is 91.2 Å². The summed E-state index contributed by atoms with van der Waals surface area (Å²) in [5.74, 6) is 0. The Hall–Kier alpha value is -6.00. The van der Waals surface area contributed by atoms with Gasteiger partial charge in [-0.15, -0.1) is 12.4 Å². The average molecular weight is 846 g/mol. The Morgan fingerprint density at radius 1 is 0.548 bits per heavy atom. The highest BCUT2D eigenvalue weighted by Gasteiger charge is 2.22. The van der Waals surface area contributed by atoms with E-state index >= 15 is 0 Å². The summed E-state index contributed by atoms with van der Waals surface area (Å²) in [4.78, 5) is 35.7. The van der Waals surface area contributed by atoms with Gasteiger partial charge in [-0.05, 0) is 116 Å². The first-order valence-corrected chi connectivity index (χ1v) is 21.9. The quantitative estimate of drug-likeness (QED) is 0.131. The number of rotatable bonds is 12. The maximum absolute atomic E-state index is 14.2. The molecule has 62 heavy (non-hydrogen) atoms. The molecule has 10 heteroatoms. The van der Waals surface area contributed by atoms with Gasteiger partial charge in [-0.3, -0.25) is 24.7 Å². The van der Waals surface area contributed by atoms with Crippen LogP contribution >= 0.6 is 12.4 Å². The van der Waals surface area contributed by atoms with Crippen LogP contribution in [0.4, 0.5) is 27.5 Å². The molecule has 0 atom stereocenters. The summed E-state index contributed by atoms with van der Waals surface area (Å²) < 4.78 is 0. The van der Waals surface area contributed by atoms with E-state index < -0.39 is 0 Å². The van der Waals surface area contributed by atoms with Gasteiger partial charge in [-0.2, -0.15) is 0 Å². The molecule has 2 amide bonds. The summed E-state index contributed by atoms with van der Waals surface area (Å²) in [5, 5.41) is 5.71. The third kappa shape index (κ3) is 10.2. The van der Waals surface area contributed by atoms with E-state index in [9.17, 15) is 4.79 Å². The molecule has 0 radical (unpaired) electrons. The Morgan fingerprint density at radius 2 is 1.05 bits per heavy atom. The highest BCUT2D eigenvalue weighted by molar-refractivity contribution is 6.01. The first-order chi connectivity index (χ1) is 29.9. The number of aryl methyl sites for hydroxylation is 2. The number of aromatic nitrogens is 2. The third-order valence-electron chi connectivity index (χ3n) is 12.4. The van der Waals surface area contributed by atoms with Crippen LogP contribution in [0.15, 0.2) is 140 Å². The highest BCUT2D eigenvalue weighted by atomic mass is 35.5. The molecule has 318 valence electrons. The van der Waals surface area contributed by atoms with Gasteiger partial charge in [0, 0.05) is 110 Å². The van der Waals surface area contributed by atoms with Gasteiger partial charge in [0.05, 0.1) is 17.6 Å². The normalized spacial score (nSPS) is 14.8. The van der Waals surface area contributed by atoms with Crippen LogP contribution in [0, 0.1) is 13.8 Å². The van der Waals surface area contributed by atoms with Crippen LogP contribution in [0.3, 0.4) is 0 Å². The van der Waals surface area contributed by atoms with E-state index in [1.165, 1.54) is 33.3 Å². The molecule has 4 heterocycles. The van der Waals surface area contributed by atoms with Gasteiger partial charge in [0.15, 0.2) is 0 Å². The number of piperazine rings is 2. The minimum Gasteiger partial charge on any atom is -0.368 e. The fourth-order valence-corrected chi connectivity index (χ4v) is 8.95. The summed E-state index contributed by atoms with van der Waals surface area (Å²) in [6.45, 7) is 14.5. The molecule has 9 rings (SSSR count). The van der Waals surface area contributed by atoms with Crippen LogP contribution in [0.2, 0.25) is 0 Å². The largest absolute Gasteiger partial charge is 0.368 e. The Balaban J connectivity index is 0.00000529. The number of urea groups is 1. The lowest BCUT2D eigenvalue weighted by Crippen LogP contribution is -2.47. The Labute approximate surface area is 372 Å². The third-order valence-corrected chi connectivity index (χ3v) is 12.4. The van der Waals surface area contributed by atoms with Crippen LogP contribution in [-0.2, 0) is 19.4 Å². The van der Waals surface area contributed by atoms with Gasteiger partial charge >= 0.3 is 6.03 Å². The van der Waals surface area contributed by atoms with Crippen LogP contribution in [0.5, 0.6) is 0 Å². The molecule has 2 saturated heterocycles. The SMILES string of the molecule is Cc1ccc2c(N3CCN(CCc4cccc(NC(=O)N(Cc5ccccc5)c5cccc(CCN6CCN(c7cccc8nc(C)ccc78)CC6)c5)c4)CC3)cccc2n1.Cl. The van der Waals surface area contributed by atoms with Crippen molar-refractivity contribution in [3.05, 3.63) is 168 Å². The number of hydrogen-bond acceptors (Lipinski definition) is 7. The molecule has 5 aromatic carbocycles. The number of carbonyl (C=O) groups is 1. The molecular formula is C52H57ClN8O. The Morgan fingerprint density at radius 3 is 1.61 bits per heavy atom. The number of amides is 2. The first kappa shape index (κ1) is 42.7. The number of carbonyl (C=O) groups excluding carboxylic acids is 1.